The minimum absolute atomic E-state index is 0.207. The number of nitrogens with one attached hydrogen (secondary N) is 1. The van der Waals surface area contributed by atoms with Gasteiger partial charge < -0.3 is 19.5 Å². The van der Waals surface area contributed by atoms with Gasteiger partial charge in [-0.3, -0.25) is 0 Å². The third-order valence-electron chi connectivity index (χ3n) is 6.55. The maximum absolute atomic E-state index is 13.8. The number of benzene rings is 1. The maximum atomic E-state index is 13.8. The molecule has 1 unspecified atom stereocenters. The first-order chi connectivity index (χ1) is 11.8. The zero-order valence-electron chi connectivity index (χ0n) is 13.9. The summed E-state index contributed by atoms with van der Waals surface area (Å²) in [6, 6.07) is 3.70. The Hall–Kier alpha value is -1.17. The van der Waals surface area contributed by atoms with E-state index in [1.54, 1.807) is 6.07 Å². The quantitative estimate of drug-likeness (QED) is 0.920. The molecule has 4 nitrogen and oxygen atoms in total. The van der Waals surface area contributed by atoms with Crippen LogP contribution in [0.2, 0.25) is 0 Å². The lowest BCUT2D eigenvalue weighted by Gasteiger charge is -2.63. The van der Waals surface area contributed by atoms with Gasteiger partial charge in [-0.1, -0.05) is 6.42 Å². The van der Waals surface area contributed by atoms with Gasteiger partial charge in [0.15, 0.2) is 6.79 Å². The van der Waals surface area contributed by atoms with Crippen LogP contribution in [-0.2, 0) is 22.5 Å². The molecule has 3 atom stereocenters. The predicted octanol–water partition coefficient (Wildman–Crippen LogP) is 2.78. The van der Waals surface area contributed by atoms with Crippen LogP contribution in [0.4, 0.5) is 4.39 Å². The SMILES string of the molecule is Fc1cc(CCNC2[C@H]3CCO[C@H]3C23CCC3)c2c(c1)COCO2. The molecular formula is C19H24FNO3. The Kier molecular flexibility index (Phi) is 3.58. The van der Waals surface area contributed by atoms with E-state index < -0.39 is 0 Å². The molecule has 1 aromatic carbocycles. The molecule has 2 heterocycles. The lowest BCUT2D eigenvalue weighted by Crippen LogP contribution is -2.71. The summed E-state index contributed by atoms with van der Waals surface area (Å²) in [6.07, 6.45) is 6.37. The summed E-state index contributed by atoms with van der Waals surface area (Å²) in [4.78, 5) is 0. The highest BCUT2D eigenvalue weighted by molar-refractivity contribution is 5.42. The summed E-state index contributed by atoms with van der Waals surface area (Å²) in [5.41, 5.74) is 2.16. The van der Waals surface area contributed by atoms with E-state index in [-0.39, 0.29) is 12.6 Å². The van der Waals surface area contributed by atoms with Gasteiger partial charge in [0.25, 0.3) is 0 Å². The Bertz CT molecular complexity index is 646. The zero-order valence-corrected chi connectivity index (χ0v) is 13.9. The second kappa shape index (κ2) is 5.68. The van der Waals surface area contributed by atoms with E-state index in [4.69, 9.17) is 14.2 Å². The summed E-state index contributed by atoms with van der Waals surface area (Å²) >= 11 is 0. The molecule has 0 bridgehead atoms. The topological polar surface area (TPSA) is 39.7 Å². The highest BCUT2D eigenvalue weighted by Crippen LogP contribution is 2.62. The van der Waals surface area contributed by atoms with E-state index in [0.29, 0.717) is 30.1 Å². The van der Waals surface area contributed by atoms with Crippen molar-refractivity contribution in [2.24, 2.45) is 11.3 Å². The molecule has 2 saturated carbocycles. The van der Waals surface area contributed by atoms with Crippen LogP contribution in [0.15, 0.2) is 12.1 Å². The van der Waals surface area contributed by atoms with Crippen LogP contribution in [0.3, 0.4) is 0 Å². The van der Waals surface area contributed by atoms with Crippen molar-refractivity contribution in [1.29, 1.82) is 0 Å². The fourth-order valence-corrected chi connectivity index (χ4v) is 5.36. The van der Waals surface area contributed by atoms with Gasteiger partial charge in [0.1, 0.15) is 11.6 Å². The summed E-state index contributed by atoms with van der Waals surface area (Å²) in [5, 5.41) is 3.77. The van der Waals surface area contributed by atoms with Gasteiger partial charge in [-0.15, -0.1) is 0 Å². The highest BCUT2D eigenvalue weighted by atomic mass is 19.1. The van der Waals surface area contributed by atoms with Gasteiger partial charge in [0.2, 0.25) is 0 Å². The van der Waals surface area contributed by atoms with Crippen LogP contribution in [0.1, 0.15) is 36.8 Å². The second-order valence-electron chi connectivity index (χ2n) is 7.68. The van der Waals surface area contributed by atoms with E-state index >= 15 is 0 Å². The molecule has 1 saturated heterocycles. The van der Waals surface area contributed by atoms with Gasteiger partial charge in [0, 0.05) is 29.5 Å². The van der Waals surface area contributed by atoms with Crippen molar-refractivity contribution < 1.29 is 18.6 Å². The van der Waals surface area contributed by atoms with Crippen LogP contribution in [0.5, 0.6) is 5.75 Å². The van der Waals surface area contributed by atoms with Crippen molar-refractivity contribution in [3.05, 3.63) is 29.1 Å². The van der Waals surface area contributed by atoms with E-state index in [0.717, 1.165) is 36.4 Å². The molecule has 1 aromatic rings. The Morgan fingerprint density at radius 1 is 1.29 bits per heavy atom. The average molecular weight is 333 g/mol. The molecule has 5 heteroatoms. The van der Waals surface area contributed by atoms with Gasteiger partial charge in [-0.2, -0.15) is 0 Å². The lowest BCUT2D eigenvalue weighted by atomic mass is 9.46. The fourth-order valence-electron chi connectivity index (χ4n) is 5.36. The minimum atomic E-state index is -0.207. The third kappa shape index (κ3) is 2.14. The van der Waals surface area contributed by atoms with Crippen molar-refractivity contribution in [2.45, 2.75) is 50.9 Å². The molecule has 1 spiro atoms. The molecule has 1 N–H and O–H groups in total. The molecule has 0 amide bonds. The Morgan fingerprint density at radius 3 is 3.04 bits per heavy atom. The molecule has 24 heavy (non-hydrogen) atoms. The van der Waals surface area contributed by atoms with E-state index in [1.807, 2.05) is 0 Å². The van der Waals surface area contributed by atoms with Crippen molar-refractivity contribution in [3.63, 3.8) is 0 Å². The molecule has 130 valence electrons. The molecule has 2 aliphatic carbocycles. The summed E-state index contributed by atoms with van der Waals surface area (Å²) < 4.78 is 30.7. The van der Waals surface area contributed by atoms with Gasteiger partial charge >= 0.3 is 0 Å². The Labute approximate surface area is 141 Å². The standard InChI is InChI=1S/C19H24FNO3/c20-14-8-12(16-13(9-14)10-22-11-24-16)2-6-21-17-15-3-7-23-18(15)19(17)4-1-5-19/h8-9,15,17-18,21H,1-7,10-11H2/t15-,17?,18-/m1/s1. The molecule has 5 rings (SSSR count). The maximum Gasteiger partial charge on any atom is 0.189 e. The molecule has 3 fully saturated rings. The van der Waals surface area contributed by atoms with E-state index in [2.05, 4.69) is 5.32 Å². The van der Waals surface area contributed by atoms with Crippen LogP contribution < -0.4 is 10.1 Å². The predicted molar refractivity (Wildman–Crippen MR) is 86.3 cm³/mol. The monoisotopic (exact) mass is 333 g/mol. The normalized spacial score (nSPS) is 32.5. The smallest absolute Gasteiger partial charge is 0.189 e. The highest BCUT2D eigenvalue weighted by Gasteiger charge is 2.66. The lowest BCUT2D eigenvalue weighted by molar-refractivity contribution is -0.175. The molecule has 2 aliphatic heterocycles. The van der Waals surface area contributed by atoms with Crippen molar-refractivity contribution in [2.75, 3.05) is 19.9 Å². The van der Waals surface area contributed by atoms with Crippen molar-refractivity contribution in [3.8, 4) is 5.75 Å². The van der Waals surface area contributed by atoms with Gasteiger partial charge in [-0.05, 0) is 49.9 Å². The molecule has 0 radical (unpaired) electrons. The molecule has 0 aromatic heterocycles. The van der Waals surface area contributed by atoms with E-state index in [9.17, 15) is 4.39 Å². The number of halogens is 1. The first-order valence-corrected chi connectivity index (χ1v) is 9.15. The summed E-state index contributed by atoms with van der Waals surface area (Å²) in [7, 11) is 0. The number of ether oxygens (including phenoxy) is 3. The number of hydrogen-bond donors (Lipinski definition) is 1. The second-order valence-corrected chi connectivity index (χ2v) is 7.68. The first-order valence-electron chi connectivity index (χ1n) is 9.15. The molecular weight excluding hydrogens is 309 g/mol. The summed E-state index contributed by atoms with van der Waals surface area (Å²) in [6.45, 7) is 2.46. The number of hydrogen-bond acceptors (Lipinski definition) is 4. The number of fused-ring (bicyclic) bond motifs is 3. The van der Waals surface area contributed by atoms with Gasteiger partial charge in [-0.25, -0.2) is 4.39 Å². The molecule has 4 aliphatic rings. The first kappa shape index (κ1) is 15.1. The fraction of sp³-hybridized carbons (Fsp3) is 0.684. The van der Waals surface area contributed by atoms with Crippen LogP contribution in [0.25, 0.3) is 0 Å². The zero-order chi connectivity index (χ0) is 16.1. The van der Waals surface area contributed by atoms with Crippen LogP contribution in [0, 0.1) is 17.2 Å². The number of rotatable bonds is 4. The van der Waals surface area contributed by atoms with Crippen molar-refractivity contribution in [1.82, 2.24) is 5.32 Å². The average Bonchev–Trinajstić information content (AvgIpc) is 2.94. The largest absolute Gasteiger partial charge is 0.467 e. The van der Waals surface area contributed by atoms with Crippen LogP contribution in [-0.4, -0.2) is 32.1 Å². The Balaban J connectivity index is 1.26. The van der Waals surface area contributed by atoms with Gasteiger partial charge in [0.05, 0.1) is 12.7 Å². The Morgan fingerprint density at radius 2 is 2.21 bits per heavy atom. The minimum Gasteiger partial charge on any atom is -0.467 e. The van der Waals surface area contributed by atoms with E-state index in [1.165, 1.54) is 31.7 Å². The van der Waals surface area contributed by atoms with Crippen LogP contribution >= 0.6 is 0 Å². The third-order valence-corrected chi connectivity index (χ3v) is 6.55. The van der Waals surface area contributed by atoms with Crippen molar-refractivity contribution >= 4 is 0 Å². The summed E-state index contributed by atoms with van der Waals surface area (Å²) in [5.74, 6) is 1.29.